The molecule has 0 aliphatic rings. The second-order valence-corrected chi connectivity index (χ2v) is 5.61. The summed E-state index contributed by atoms with van der Waals surface area (Å²) in [6.45, 7) is 5.79. The molecule has 0 spiro atoms. The minimum absolute atomic E-state index is 0.101. The fourth-order valence-electron chi connectivity index (χ4n) is 1.92. The monoisotopic (exact) mass is 302 g/mol. The molecule has 21 heavy (non-hydrogen) atoms. The molecule has 1 unspecified atom stereocenters. The maximum absolute atomic E-state index is 12.2. The van der Waals surface area contributed by atoms with Crippen LogP contribution >= 0.6 is 11.6 Å². The summed E-state index contributed by atoms with van der Waals surface area (Å²) in [6.07, 6.45) is 0. The van der Waals surface area contributed by atoms with E-state index in [1.54, 1.807) is 6.92 Å². The van der Waals surface area contributed by atoms with Gasteiger partial charge in [0.25, 0.3) is 0 Å². The molecule has 0 heterocycles. The maximum atomic E-state index is 12.2. The van der Waals surface area contributed by atoms with Gasteiger partial charge in [-0.25, -0.2) is 0 Å². The molecule has 0 aliphatic carbocycles. The van der Waals surface area contributed by atoms with Crippen molar-refractivity contribution in [1.29, 1.82) is 0 Å². The van der Waals surface area contributed by atoms with Gasteiger partial charge in [0.1, 0.15) is 6.04 Å². The fraction of sp³-hybridized carbons (Fsp3) is 0.235. The highest BCUT2D eigenvalue weighted by Crippen LogP contribution is 2.23. The van der Waals surface area contributed by atoms with Crippen LogP contribution in [0.5, 0.6) is 0 Å². The van der Waals surface area contributed by atoms with Crippen molar-refractivity contribution in [1.82, 2.24) is 0 Å². The maximum Gasteiger partial charge on any atom is 0.246 e. The van der Waals surface area contributed by atoms with Crippen molar-refractivity contribution in [2.24, 2.45) is 0 Å². The van der Waals surface area contributed by atoms with E-state index in [1.165, 1.54) is 0 Å². The predicted molar refractivity (Wildman–Crippen MR) is 89.1 cm³/mol. The van der Waals surface area contributed by atoms with Gasteiger partial charge < -0.3 is 10.6 Å². The Bertz CT molecular complexity index is 638. The summed E-state index contributed by atoms with van der Waals surface area (Å²) >= 11 is 6.16. The third kappa shape index (κ3) is 4.23. The van der Waals surface area contributed by atoms with E-state index in [1.807, 2.05) is 56.3 Å². The third-order valence-corrected chi connectivity index (χ3v) is 3.52. The van der Waals surface area contributed by atoms with Crippen LogP contribution in [-0.4, -0.2) is 11.9 Å². The first-order valence-electron chi connectivity index (χ1n) is 6.86. The van der Waals surface area contributed by atoms with Crippen molar-refractivity contribution < 1.29 is 4.79 Å². The van der Waals surface area contributed by atoms with Gasteiger partial charge in [-0.3, -0.25) is 4.79 Å². The van der Waals surface area contributed by atoms with E-state index in [2.05, 4.69) is 10.6 Å². The van der Waals surface area contributed by atoms with Crippen LogP contribution in [0.15, 0.2) is 42.5 Å². The van der Waals surface area contributed by atoms with E-state index in [4.69, 9.17) is 11.6 Å². The van der Waals surface area contributed by atoms with E-state index in [0.29, 0.717) is 5.02 Å². The Labute approximate surface area is 130 Å². The number of benzene rings is 2. The van der Waals surface area contributed by atoms with Gasteiger partial charge in [0.05, 0.1) is 10.7 Å². The number of halogens is 1. The number of amides is 1. The predicted octanol–water partition coefficient (Wildman–Crippen LogP) is 4.40. The lowest BCUT2D eigenvalue weighted by Gasteiger charge is -2.16. The quantitative estimate of drug-likeness (QED) is 0.879. The topological polar surface area (TPSA) is 41.1 Å². The van der Waals surface area contributed by atoms with Crippen molar-refractivity contribution in [2.75, 3.05) is 10.6 Å². The Morgan fingerprint density at radius 3 is 2.29 bits per heavy atom. The summed E-state index contributed by atoms with van der Waals surface area (Å²) in [7, 11) is 0. The molecule has 0 saturated heterocycles. The third-order valence-electron chi connectivity index (χ3n) is 3.21. The molecule has 110 valence electrons. The molecule has 2 N–H and O–H groups in total. The Balaban J connectivity index is 2.00. The highest BCUT2D eigenvalue weighted by Gasteiger charge is 2.14. The Morgan fingerprint density at radius 1 is 1.05 bits per heavy atom. The summed E-state index contributed by atoms with van der Waals surface area (Å²) < 4.78 is 0. The molecule has 0 fully saturated rings. The zero-order valence-electron chi connectivity index (χ0n) is 12.4. The molecule has 0 saturated carbocycles. The highest BCUT2D eigenvalue weighted by molar-refractivity contribution is 6.33. The molecule has 2 rings (SSSR count). The largest absolute Gasteiger partial charge is 0.373 e. The van der Waals surface area contributed by atoms with Crippen molar-refractivity contribution in [3.05, 3.63) is 58.6 Å². The van der Waals surface area contributed by atoms with Crippen LogP contribution in [0, 0.1) is 13.8 Å². The molecule has 1 atom stereocenters. The summed E-state index contributed by atoms with van der Waals surface area (Å²) in [4.78, 5) is 12.2. The Kier molecular flexibility index (Phi) is 4.86. The second kappa shape index (κ2) is 6.64. The number of nitrogens with one attached hydrogen (secondary N) is 2. The van der Waals surface area contributed by atoms with Gasteiger partial charge >= 0.3 is 0 Å². The van der Waals surface area contributed by atoms with E-state index >= 15 is 0 Å². The molecule has 0 aromatic heterocycles. The number of hydrogen-bond acceptors (Lipinski definition) is 2. The first-order chi connectivity index (χ1) is 9.95. The molecule has 3 nitrogen and oxygen atoms in total. The minimum atomic E-state index is -0.383. The summed E-state index contributed by atoms with van der Waals surface area (Å²) in [6, 6.07) is 13.0. The van der Waals surface area contributed by atoms with Crippen LogP contribution in [0.2, 0.25) is 5.02 Å². The first kappa shape index (κ1) is 15.4. The summed E-state index contributed by atoms with van der Waals surface area (Å²) in [5, 5.41) is 6.62. The SMILES string of the molecule is Cc1ccc(NC(=O)C(C)Nc2ccc(C)cc2Cl)cc1. The van der Waals surface area contributed by atoms with Gasteiger partial charge in [0.2, 0.25) is 5.91 Å². The molecule has 1 amide bonds. The average Bonchev–Trinajstić information content (AvgIpc) is 2.44. The number of carbonyl (C=O) groups excluding carboxylic acids is 1. The van der Waals surface area contributed by atoms with Crippen molar-refractivity contribution >= 4 is 28.9 Å². The van der Waals surface area contributed by atoms with Crippen LogP contribution in [0.1, 0.15) is 18.1 Å². The molecule has 2 aromatic rings. The zero-order chi connectivity index (χ0) is 15.4. The molecule has 0 aliphatic heterocycles. The van der Waals surface area contributed by atoms with Crippen molar-refractivity contribution in [3.63, 3.8) is 0 Å². The van der Waals surface area contributed by atoms with E-state index in [-0.39, 0.29) is 11.9 Å². The van der Waals surface area contributed by atoms with Gasteiger partial charge in [-0.15, -0.1) is 0 Å². The van der Waals surface area contributed by atoms with Crippen LogP contribution in [0.3, 0.4) is 0 Å². The second-order valence-electron chi connectivity index (χ2n) is 5.20. The lowest BCUT2D eigenvalue weighted by Crippen LogP contribution is -2.31. The molecule has 4 heteroatoms. The zero-order valence-corrected chi connectivity index (χ0v) is 13.2. The number of aryl methyl sites for hydroxylation is 2. The van der Waals surface area contributed by atoms with Crippen LogP contribution in [-0.2, 0) is 4.79 Å². The summed E-state index contributed by atoms with van der Waals surface area (Å²) in [5.74, 6) is -0.101. The highest BCUT2D eigenvalue weighted by atomic mass is 35.5. The van der Waals surface area contributed by atoms with Gasteiger partial charge in [-0.1, -0.05) is 35.4 Å². The number of anilines is 2. The fourth-order valence-corrected chi connectivity index (χ4v) is 2.21. The molecular weight excluding hydrogens is 284 g/mol. The van der Waals surface area contributed by atoms with Gasteiger partial charge in [-0.05, 0) is 50.6 Å². The minimum Gasteiger partial charge on any atom is -0.373 e. The standard InChI is InChI=1S/C17H19ClN2O/c1-11-4-7-14(8-5-11)20-17(21)13(3)19-16-9-6-12(2)10-15(16)18/h4-10,13,19H,1-3H3,(H,20,21). The van der Waals surface area contributed by atoms with Crippen molar-refractivity contribution in [2.45, 2.75) is 26.8 Å². The molecule has 2 aromatic carbocycles. The smallest absolute Gasteiger partial charge is 0.246 e. The van der Waals surface area contributed by atoms with Gasteiger partial charge in [0.15, 0.2) is 0 Å². The van der Waals surface area contributed by atoms with Crippen LogP contribution in [0.25, 0.3) is 0 Å². The van der Waals surface area contributed by atoms with E-state index in [0.717, 1.165) is 22.5 Å². The van der Waals surface area contributed by atoms with E-state index in [9.17, 15) is 4.79 Å². The first-order valence-corrected chi connectivity index (χ1v) is 7.24. The Morgan fingerprint density at radius 2 is 1.67 bits per heavy atom. The molecular formula is C17H19ClN2O. The average molecular weight is 303 g/mol. The normalized spacial score (nSPS) is 11.8. The lowest BCUT2D eigenvalue weighted by molar-refractivity contribution is -0.116. The van der Waals surface area contributed by atoms with Gasteiger partial charge in [0, 0.05) is 5.69 Å². The van der Waals surface area contributed by atoms with Crippen LogP contribution in [0.4, 0.5) is 11.4 Å². The molecule has 0 radical (unpaired) electrons. The van der Waals surface area contributed by atoms with Crippen LogP contribution < -0.4 is 10.6 Å². The lowest BCUT2D eigenvalue weighted by atomic mass is 10.2. The number of carbonyl (C=O) groups is 1. The number of hydrogen-bond donors (Lipinski definition) is 2. The van der Waals surface area contributed by atoms with Gasteiger partial charge in [-0.2, -0.15) is 0 Å². The number of rotatable bonds is 4. The Hall–Kier alpha value is -2.00. The van der Waals surface area contributed by atoms with E-state index < -0.39 is 0 Å². The molecule has 0 bridgehead atoms. The summed E-state index contributed by atoms with van der Waals surface area (Å²) in [5.41, 5.74) is 3.79. The van der Waals surface area contributed by atoms with Crippen molar-refractivity contribution in [3.8, 4) is 0 Å².